The Morgan fingerprint density at radius 1 is 1.12 bits per heavy atom. The summed E-state index contributed by atoms with van der Waals surface area (Å²) < 4.78 is 85.4. The largest absolute Gasteiger partial charge is 0.509 e. The van der Waals surface area contributed by atoms with Gasteiger partial charge in [0, 0.05) is 23.9 Å². The maximum Gasteiger partial charge on any atom is 0.509 e. The van der Waals surface area contributed by atoms with Crippen LogP contribution in [0.2, 0.25) is 0 Å². The first-order valence-electron chi connectivity index (χ1n) is 17.7. The monoisotopic (exact) mass is 858 g/mol. The van der Waals surface area contributed by atoms with Gasteiger partial charge < -0.3 is 40.1 Å². The Kier molecular flexibility index (Phi) is 10.6. The number of hydrogen-bond donors (Lipinski definition) is 4. The van der Waals surface area contributed by atoms with Gasteiger partial charge in [-0.3, -0.25) is 37.0 Å². The lowest BCUT2D eigenvalue weighted by atomic mass is 10.0. The Labute approximate surface area is 326 Å². The van der Waals surface area contributed by atoms with E-state index >= 15 is 0 Å². The number of aliphatic hydroxyl groups excluding tert-OH is 1. The average molecular weight is 859 g/mol. The number of nitrogens with zero attached hydrogens (tertiary/aromatic N) is 7. The SMILES string of the molecule is CCOP1(=O)OC[C@@]23C[C@@H]2[C@@H](n2cnc4c(N)ncnc42)[C@H](O)[C@@H]3OP(=O)(SCOC(=O)OC(C)C)OC[C@H]2O[C@@H](n3cnc4c(=O)[nH]c(N)nc43)[C@H](O1)[C@@H]2OC. The number of anilines is 2. The number of H-pyrrole nitrogens is 1. The van der Waals surface area contributed by atoms with E-state index in [2.05, 4.69) is 29.9 Å². The van der Waals surface area contributed by atoms with Crippen LogP contribution in [0.25, 0.3) is 22.3 Å². The van der Waals surface area contributed by atoms with Crippen molar-refractivity contribution in [3.8, 4) is 0 Å². The summed E-state index contributed by atoms with van der Waals surface area (Å²) in [5.74, 6) is -1.08. The Hall–Kier alpha value is -3.74. The van der Waals surface area contributed by atoms with Crippen molar-refractivity contribution in [2.75, 3.05) is 44.3 Å². The molecule has 4 aliphatic rings. The highest BCUT2D eigenvalue weighted by Crippen LogP contribution is 2.74. The molecule has 4 aromatic heterocycles. The van der Waals surface area contributed by atoms with Gasteiger partial charge in [0.05, 0.1) is 44.6 Å². The number of aliphatic hydroxyl groups is 1. The number of methoxy groups -OCH3 is 1. The summed E-state index contributed by atoms with van der Waals surface area (Å²) in [7, 11) is -3.23. The molecular formula is C30H40N10O14P2S. The van der Waals surface area contributed by atoms with Gasteiger partial charge in [-0.15, -0.1) is 0 Å². The van der Waals surface area contributed by atoms with E-state index in [1.807, 2.05) is 0 Å². The molecule has 6 heterocycles. The Morgan fingerprint density at radius 2 is 1.89 bits per heavy atom. The van der Waals surface area contributed by atoms with Gasteiger partial charge in [0.25, 0.3) is 5.56 Å². The molecule has 4 fully saturated rings. The number of imidazole rings is 2. The number of hydrogen-bond acceptors (Lipinski definition) is 22. The minimum atomic E-state index is -4.56. The Balaban J connectivity index is 1.19. The van der Waals surface area contributed by atoms with Crippen LogP contribution in [0.15, 0.2) is 23.8 Å². The molecule has 11 atom stereocenters. The number of ether oxygens (including phenoxy) is 4. The molecule has 2 aliphatic heterocycles. The lowest BCUT2D eigenvalue weighted by Gasteiger charge is -2.32. The van der Waals surface area contributed by atoms with Gasteiger partial charge in [-0.1, -0.05) is 0 Å². The number of nitrogen functional groups attached to an aromatic ring is 2. The van der Waals surface area contributed by atoms with Gasteiger partial charge in [0.1, 0.15) is 42.4 Å². The van der Waals surface area contributed by atoms with E-state index in [1.54, 1.807) is 25.3 Å². The van der Waals surface area contributed by atoms with Gasteiger partial charge >= 0.3 is 20.8 Å². The molecule has 6 N–H and O–H groups in total. The third kappa shape index (κ3) is 7.22. The fourth-order valence-corrected chi connectivity index (χ4v) is 12.0. The first-order chi connectivity index (χ1) is 27.2. The summed E-state index contributed by atoms with van der Waals surface area (Å²) >= 11 is 0.524. The summed E-state index contributed by atoms with van der Waals surface area (Å²) in [5.41, 5.74) is 10.7. The van der Waals surface area contributed by atoms with E-state index in [9.17, 15) is 23.8 Å². The maximum atomic E-state index is 14.9. The van der Waals surface area contributed by atoms with Crippen LogP contribution in [0, 0.1) is 11.3 Å². The second-order valence-electron chi connectivity index (χ2n) is 13.9. The molecule has 8 rings (SSSR count). The summed E-state index contributed by atoms with van der Waals surface area (Å²) in [5, 5.41) is 12.1. The molecule has 2 bridgehead atoms. The second-order valence-corrected chi connectivity index (χ2v) is 19.5. The number of phosphoric acid groups is 1. The zero-order chi connectivity index (χ0) is 40.4. The number of nitrogens with one attached hydrogen (secondary N) is 1. The van der Waals surface area contributed by atoms with Gasteiger partial charge in [-0.25, -0.2) is 33.9 Å². The molecule has 0 amide bonds. The van der Waals surface area contributed by atoms with Crippen LogP contribution in [0.3, 0.4) is 0 Å². The number of aromatic amines is 1. The van der Waals surface area contributed by atoms with Crippen molar-refractivity contribution in [2.45, 2.75) is 76.1 Å². The fraction of sp³-hybridized carbons (Fsp3) is 0.633. The van der Waals surface area contributed by atoms with Crippen LogP contribution >= 0.6 is 26.0 Å². The smallest absolute Gasteiger partial charge is 0.432 e. The minimum absolute atomic E-state index is 0.00197. The molecule has 2 aliphatic carbocycles. The van der Waals surface area contributed by atoms with Crippen molar-refractivity contribution >= 4 is 66.3 Å². The number of carbonyl (C=O) groups excluding carboxylic acids is 1. The topological polar surface area (TPSA) is 314 Å². The summed E-state index contributed by atoms with van der Waals surface area (Å²) in [4.78, 5) is 48.4. The van der Waals surface area contributed by atoms with Gasteiger partial charge in [-0.2, -0.15) is 4.98 Å². The number of carbonyl (C=O) groups is 1. The predicted molar refractivity (Wildman–Crippen MR) is 196 cm³/mol. The van der Waals surface area contributed by atoms with Gasteiger partial charge in [0.15, 0.2) is 34.8 Å². The number of nitrogens with two attached hydrogens (primary N) is 2. The van der Waals surface area contributed by atoms with E-state index in [1.165, 1.54) is 30.7 Å². The van der Waals surface area contributed by atoms with Crippen molar-refractivity contribution in [2.24, 2.45) is 11.3 Å². The van der Waals surface area contributed by atoms with Crippen LogP contribution in [-0.4, -0.2) is 120 Å². The summed E-state index contributed by atoms with van der Waals surface area (Å²) in [6.45, 7) is -0.635. The summed E-state index contributed by atoms with van der Waals surface area (Å²) in [6.07, 6.45) is -4.78. The first-order valence-corrected chi connectivity index (χ1v) is 22.3. The molecule has 0 aromatic carbocycles. The standard InChI is InChI=1S/C30H40N10O14P2S/c1-5-48-55(44)50-8-30-6-14(30)18(39-10-35-16-23(31)33-9-34-24(16)39)19(41)22(30)54-56(45,57-12-47-29(43)51-13(2)3)49-7-15-20(46-4)21(53-55)27(52-15)40-11-36-17-25(40)37-28(32)38-26(17)42/h9-11,13-15,18-22,27,41H,5-8,12H2,1-4H3,(H2,31,33,34)(H3,32,37,38,42)/t14-,15-,18-,19+,20-,21-,22+,27-,30+,55?,56?/m1/s1. The number of rotatable bonds is 9. The van der Waals surface area contributed by atoms with Crippen LogP contribution in [0.5, 0.6) is 0 Å². The molecule has 310 valence electrons. The zero-order valence-electron chi connectivity index (χ0n) is 30.8. The number of phosphoric ester groups is 1. The molecule has 4 aromatic rings. The van der Waals surface area contributed by atoms with E-state index in [-0.39, 0.29) is 36.1 Å². The third-order valence-electron chi connectivity index (χ3n) is 10.2. The van der Waals surface area contributed by atoms with Crippen LogP contribution in [0.1, 0.15) is 39.5 Å². The van der Waals surface area contributed by atoms with E-state index in [4.69, 9.17) is 53.0 Å². The summed E-state index contributed by atoms with van der Waals surface area (Å²) in [6, 6.07) is -0.784. The molecule has 27 heteroatoms. The highest BCUT2D eigenvalue weighted by atomic mass is 32.7. The number of aromatic nitrogens is 8. The van der Waals surface area contributed by atoms with Crippen molar-refractivity contribution in [1.82, 2.24) is 39.0 Å². The maximum absolute atomic E-state index is 14.9. The minimum Gasteiger partial charge on any atom is -0.432 e. The average Bonchev–Trinajstić information content (AvgIpc) is 3.44. The first kappa shape index (κ1) is 40.1. The van der Waals surface area contributed by atoms with E-state index in [0.29, 0.717) is 29.0 Å². The molecule has 24 nitrogen and oxygen atoms in total. The third-order valence-corrected chi connectivity index (χ3v) is 15.0. The number of fused-ring (bicyclic) bond motifs is 4. The highest BCUT2D eigenvalue weighted by molar-refractivity contribution is 8.55. The fourth-order valence-electron chi connectivity index (χ4n) is 7.72. The van der Waals surface area contributed by atoms with Crippen molar-refractivity contribution in [3.05, 3.63) is 29.3 Å². The van der Waals surface area contributed by atoms with Crippen LogP contribution in [0.4, 0.5) is 16.6 Å². The zero-order valence-corrected chi connectivity index (χ0v) is 33.4. The highest BCUT2D eigenvalue weighted by Gasteiger charge is 2.74. The lowest BCUT2D eigenvalue weighted by molar-refractivity contribution is -0.0612. The normalized spacial score (nSPS) is 35.3. The van der Waals surface area contributed by atoms with Crippen molar-refractivity contribution in [1.29, 1.82) is 0 Å². The molecule has 2 saturated heterocycles. The van der Waals surface area contributed by atoms with E-state index in [0.717, 1.165) is 0 Å². The molecule has 1 spiro atoms. The molecule has 57 heavy (non-hydrogen) atoms. The quantitative estimate of drug-likeness (QED) is 0.107. The van der Waals surface area contributed by atoms with E-state index < -0.39 is 99.1 Å². The molecular weight excluding hydrogens is 818 g/mol. The second kappa shape index (κ2) is 15.1. The van der Waals surface area contributed by atoms with Crippen LogP contribution in [-0.2, 0) is 50.7 Å². The lowest BCUT2D eigenvalue weighted by Crippen LogP contribution is -2.38. The Morgan fingerprint density at radius 3 is 2.65 bits per heavy atom. The van der Waals surface area contributed by atoms with Gasteiger partial charge in [-0.05, 0) is 33.1 Å². The predicted octanol–water partition coefficient (Wildman–Crippen LogP) is 2.28. The Bertz CT molecular complexity index is 2330. The molecule has 2 unspecified atom stereocenters. The van der Waals surface area contributed by atoms with Gasteiger partial charge in [0.2, 0.25) is 5.95 Å². The van der Waals surface area contributed by atoms with Crippen molar-refractivity contribution in [3.63, 3.8) is 0 Å². The van der Waals surface area contributed by atoms with Crippen molar-refractivity contribution < 1.29 is 60.6 Å². The molecule has 0 radical (unpaired) electrons. The molecule has 2 saturated carbocycles. The van der Waals surface area contributed by atoms with Crippen LogP contribution < -0.4 is 17.0 Å².